The molecule has 6 nitrogen and oxygen atoms in total. The number of carbonyl (C=O) groups is 2. The first kappa shape index (κ1) is 17.8. The Morgan fingerprint density at radius 1 is 1.22 bits per heavy atom. The van der Waals surface area contributed by atoms with Crippen LogP contribution in [0.4, 0.5) is 0 Å². The third-order valence-corrected chi connectivity index (χ3v) is 4.58. The lowest BCUT2D eigenvalue weighted by Crippen LogP contribution is -2.50. The van der Waals surface area contributed by atoms with Crippen LogP contribution < -0.4 is 5.32 Å². The predicted molar refractivity (Wildman–Crippen MR) is 88.7 cm³/mol. The summed E-state index contributed by atoms with van der Waals surface area (Å²) in [4.78, 5) is 28.0. The fourth-order valence-corrected chi connectivity index (χ4v) is 3.16. The fourth-order valence-electron chi connectivity index (χ4n) is 3.16. The highest BCUT2D eigenvalue weighted by Crippen LogP contribution is 2.16. The highest BCUT2D eigenvalue weighted by atomic mass is 35.5. The molecule has 7 heteroatoms. The standard InChI is InChI=1S/C16H23N3O3.ClH/c20-15(4-3-13-5-6-17-12-13)18-7-9-19(10-8-18)16(21)14-2-1-11-22-14;/h1-2,11,13,17H,3-10,12H2;1H. The average molecular weight is 342 g/mol. The topological polar surface area (TPSA) is 65.8 Å². The molecule has 0 radical (unpaired) electrons. The van der Waals surface area contributed by atoms with E-state index in [2.05, 4.69) is 5.32 Å². The van der Waals surface area contributed by atoms with Crippen LogP contribution in [0.25, 0.3) is 0 Å². The quantitative estimate of drug-likeness (QED) is 0.898. The zero-order valence-corrected chi connectivity index (χ0v) is 14.0. The van der Waals surface area contributed by atoms with E-state index in [4.69, 9.17) is 4.42 Å². The molecule has 2 saturated heterocycles. The first-order chi connectivity index (χ1) is 10.7. The van der Waals surface area contributed by atoms with Crippen molar-refractivity contribution in [2.75, 3.05) is 39.3 Å². The summed E-state index contributed by atoms with van der Waals surface area (Å²) in [5.41, 5.74) is 0. The van der Waals surface area contributed by atoms with Crippen LogP contribution in [0.15, 0.2) is 22.8 Å². The van der Waals surface area contributed by atoms with Crippen molar-refractivity contribution in [3.63, 3.8) is 0 Å². The summed E-state index contributed by atoms with van der Waals surface area (Å²) in [6.07, 6.45) is 4.28. The van der Waals surface area contributed by atoms with Gasteiger partial charge in [0, 0.05) is 32.6 Å². The Morgan fingerprint density at radius 2 is 1.96 bits per heavy atom. The van der Waals surface area contributed by atoms with Crippen LogP contribution in [0.1, 0.15) is 29.8 Å². The molecule has 1 unspecified atom stereocenters. The summed E-state index contributed by atoms with van der Waals surface area (Å²) in [5, 5.41) is 3.33. The van der Waals surface area contributed by atoms with Crippen LogP contribution in [0.3, 0.4) is 0 Å². The van der Waals surface area contributed by atoms with Crippen molar-refractivity contribution in [2.45, 2.75) is 19.3 Å². The molecular formula is C16H24ClN3O3. The van der Waals surface area contributed by atoms with Gasteiger partial charge in [-0.25, -0.2) is 0 Å². The molecule has 1 aromatic heterocycles. The summed E-state index contributed by atoms with van der Waals surface area (Å²) < 4.78 is 5.14. The monoisotopic (exact) mass is 341 g/mol. The molecule has 128 valence electrons. The summed E-state index contributed by atoms with van der Waals surface area (Å²) in [7, 11) is 0. The number of piperazine rings is 1. The van der Waals surface area contributed by atoms with Crippen LogP contribution >= 0.6 is 12.4 Å². The van der Waals surface area contributed by atoms with Crippen LogP contribution in [0, 0.1) is 5.92 Å². The van der Waals surface area contributed by atoms with Gasteiger partial charge in [0.2, 0.25) is 5.91 Å². The van der Waals surface area contributed by atoms with Crippen molar-refractivity contribution >= 4 is 24.2 Å². The van der Waals surface area contributed by atoms with Gasteiger partial charge in [-0.2, -0.15) is 0 Å². The van der Waals surface area contributed by atoms with Gasteiger partial charge in [-0.05, 0) is 44.0 Å². The number of nitrogens with zero attached hydrogens (tertiary/aromatic N) is 2. The van der Waals surface area contributed by atoms with Gasteiger partial charge in [0.25, 0.3) is 5.91 Å². The first-order valence-corrected chi connectivity index (χ1v) is 8.05. The third kappa shape index (κ3) is 4.48. The van der Waals surface area contributed by atoms with E-state index in [0.29, 0.717) is 44.3 Å². The number of furan rings is 1. The SMILES string of the molecule is Cl.O=C(CCC1CCNC1)N1CCN(C(=O)c2ccco2)CC1. The second-order valence-electron chi connectivity index (χ2n) is 6.05. The minimum Gasteiger partial charge on any atom is -0.459 e. The molecule has 2 amide bonds. The molecule has 1 aromatic rings. The first-order valence-electron chi connectivity index (χ1n) is 8.05. The number of halogens is 1. The molecule has 1 N–H and O–H groups in total. The van der Waals surface area contributed by atoms with Gasteiger partial charge in [-0.3, -0.25) is 9.59 Å². The number of nitrogens with one attached hydrogen (secondary N) is 1. The Bertz CT molecular complexity index is 507. The van der Waals surface area contributed by atoms with E-state index >= 15 is 0 Å². The van der Waals surface area contributed by atoms with Crippen molar-refractivity contribution in [1.82, 2.24) is 15.1 Å². The minimum absolute atomic E-state index is 0. The van der Waals surface area contributed by atoms with Gasteiger partial charge >= 0.3 is 0 Å². The minimum atomic E-state index is -0.0888. The maximum Gasteiger partial charge on any atom is 0.289 e. The van der Waals surface area contributed by atoms with Gasteiger partial charge in [-0.1, -0.05) is 0 Å². The van der Waals surface area contributed by atoms with Crippen molar-refractivity contribution in [3.05, 3.63) is 24.2 Å². The lowest BCUT2D eigenvalue weighted by Gasteiger charge is -2.34. The van der Waals surface area contributed by atoms with Crippen molar-refractivity contribution in [2.24, 2.45) is 5.92 Å². The van der Waals surface area contributed by atoms with E-state index in [1.165, 1.54) is 12.7 Å². The number of hydrogen-bond donors (Lipinski definition) is 1. The molecule has 0 bridgehead atoms. The lowest BCUT2D eigenvalue weighted by atomic mass is 10.0. The maximum atomic E-state index is 12.2. The molecule has 3 heterocycles. The third-order valence-electron chi connectivity index (χ3n) is 4.58. The fraction of sp³-hybridized carbons (Fsp3) is 0.625. The average Bonchev–Trinajstić information content (AvgIpc) is 3.25. The summed E-state index contributed by atoms with van der Waals surface area (Å²) >= 11 is 0. The van der Waals surface area contributed by atoms with E-state index in [1.807, 2.05) is 4.90 Å². The molecular weight excluding hydrogens is 318 g/mol. The Morgan fingerprint density at radius 3 is 2.57 bits per heavy atom. The number of amides is 2. The largest absolute Gasteiger partial charge is 0.459 e. The van der Waals surface area contributed by atoms with E-state index in [0.717, 1.165) is 19.5 Å². The highest BCUT2D eigenvalue weighted by molar-refractivity contribution is 5.91. The zero-order chi connectivity index (χ0) is 15.4. The molecule has 2 aliphatic heterocycles. The van der Waals surface area contributed by atoms with E-state index in [9.17, 15) is 9.59 Å². The predicted octanol–water partition coefficient (Wildman–Crippen LogP) is 1.38. The molecule has 0 spiro atoms. The smallest absolute Gasteiger partial charge is 0.289 e. The molecule has 0 aliphatic carbocycles. The highest BCUT2D eigenvalue weighted by Gasteiger charge is 2.26. The van der Waals surface area contributed by atoms with Gasteiger partial charge in [0.05, 0.1) is 6.26 Å². The van der Waals surface area contributed by atoms with Crippen molar-refractivity contribution in [3.8, 4) is 0 Å². The van der Waals surface area contributed by atoms with Gasteiger partial charge in [0.1, 0.15) is 0 Å². The van der Waals surface area contributed by atoms with E-state index in [1.54, 1.807) is 17.0 Å². The van der Waals surface area contributed by atoms with Crippen molar-refractivity contribution < 1.29 is 14.0 Å². The lowest BCUT2D eigenvalue weighted by molar-refractivity contribution is -0.133. The maximum absolute atomic E-state index is 12.2. The number of carbonyl (C=O) groups excluding carboxylic acids is 2. The molecule has 3 rings (SSSR count). The van der Waals surface area contributed by atoms with E-state index in [-0.39, 0.29) is 24.2 Å². The second-order valence-corrected chi connectivity index (χ2v) is 6.05. The van der Waals surface area contributed by atoms with E-state index < -0.39 is 0 Å². The number of rotatable bonds is 4. The molecule has 2 fully saturated rings. The van der Waals surface area contributed by atoms with Crippen LogP contribution in [-0.2, 0) is 4.79 Å². The second kappa shape index (κ2) is 8.36. The zero-order valence-electron chi connectivity index (χ0n) is 13.2. The Kier molecular flexibility index (Phi) is 6.47. The summed E-state index contributed by atoms with van der Waals surface area (Å²) in [5.74, 6) is 1.14. The van der Waals surface area contributed by atoms with Crippen LogP contribution in [-0.4, -0.2) is 60.9 Å². The normalized spacial score (nSPS) is 21.1. The van der Waals surface area contributed by atoms with Gasteiger partial charge in [-0.15, -0.1) is 12.4 Å². The summed E-state index contributed by atoms with van der Waals surface area (Å²) in [6, 6.07) is 3.39. The molecule has 0 aromatic carbocycles. The summed E-state index contributed by atoms with van der Waals surface area (Å²) in [6.45, 7) is 4.51. The number of hydrogen-bond acceptors (Lipinski definition) is 4. The molecule has 23 heavy (non-hydrogen) atoms. The van der Waals surface area contributed by atoms with Gasteiger partial charge in [0.15, 0.2) is 5.76 Å². The molecule has 2 aliphatic rings. The van der Waals surface area contributed by atoms with Crippen molar-refractivity contribution in [1.29, 1.82) is 0 Å². The molecule has 0 saturated carbocycles. The van der Waals surface area contributed by atoms with Gasteiger partial charge < -0.3 is 19.5 Å². The Labute approximate surface area is 142 Å². The van der Waals surface area contributed by atoms with Crippen LogP contribution in [0.5, 0.6) is 0 Å². The Balaban J connectivity index is 0.00000192. The molecule has 1 atom stereocenters. The Hall–Kier alpha value is -1.53. The van der Waals surface area contributed by atoms with Crippen LogP contribution in [0.2, 0.25) is 0 Å².